The van der Waals surface area contributed by atoms with Gasteiger partial charge in [-0.15, -0.1) is 0 Å². The molecule has 1 saturated carbocycles. The number of hydrogen-bond acceptors (Lipinski definition) is 4. The van der Waals surface area contributed by atoms with E-state index in [1.807, 2.05) is 36.6 Å². The summed E-state index contributed by atoms with van der Waals surface area (Å²) in [5.41, 5.74) is 0. The minimum atomic E-state index is -0.565. The standard InChI is InChI=1S/C19H31N3O3/c1-19(2)24-14-16(25-19)12-22(13-17-20-10-11-21(17)3)18(23)15-8-6-4-5-7-9-15/h10-11,15-16H,4-9,12-14H2,1-3H3/t16-/m0/s1. The van der Waals surface area contributed by atoms with Gasteiger partial charge in [0, 0.05) is 31.9 Å². The lowest BCUT2D eigenvalue weighted by Gasteiger charge is -2.29. The summed E-state index contributed by atoms with van der Waals surface area (Å²) in [5, 5.41) is 0. The van der Waals surface area contributed by atoms with Gasteiger partial charge < -0.3 is 18.9 Å². The van der Waals surface area contributed by atoms with E-state index in [4.69, 9.17) is 9.47 Å². The van der Waals surface area contributed by atoms with Crippen LogP contribution in [0.4, 0.5) is 0 Å². The van der Waals surface area contributed by atoms with Crippen molar-refractivity contribution in [1.82, 2.24) is 14.5 Å². The molecule has 2 aliphatic rings. The Labute approximate surface area is 150 Å². The maximum Gasteiger partial charge on any atom is 0.226 e. The number of aromatic nitrogens is 2. The van der Waals surface area contributed by atoms with Crippen molar-refractivity contribution in [3.8, 4) is 0 Å². The molecule has 3 rings (SSSR count). The van der Waals surface area contributed by atoms with E-state index in [0.717, 1.165) is 31.5 Å². The highest BCUT2D eigenvalue weighted by Crippen LogP contribution is 2.27. The molecular weight excluding hydrogens is 318 g/mol. The largest absolute Gasteiger partial charge is 0.348 e. The highest BCUT2D eigenvalue weighted by atomic mass is 16.7. The molecule has 0 spiro atoms. The van der Waals surface area contributed by atoms with Crippen molar-refractivity contribution in [3.05, 3.63) is 18.2 Å². The highest BCUT2D eigenvalue weighted by molar-refractivity contribution is 5.78. The molecule has 0 N–H and O–H groups in total. The van der Waals surface area contributed by atoms with Gasteiger partial charge in [-0.25, -0.2) is 4.98 Å². The molecule has 1 amide bonds. The zero-order chi connectivity index (χ0) is 17.9. The Morgan fingerprint density at radius 3 is 2.60 bits per heavy atom. The fraction of sp³-hybridized carbons (Fsp3) is 0.789. The van der Waals surface area contributed by atoms with E-state index >= 15 is 0 Å². The first-order valence-electron chi connectivity index (χ1n) is 9.51. The lowest BCUT2D eigenvalue weighted by atomic mass is 9.98. The molecule has 6 nitrogen and oxygen atoms in total. The van der Waals surface area contributed by atoms with Gasteiger partial charge in [-0.3, -0.25) is 4.79 Å². The van der Waals surface area contributed by atoms with E-state index < -0.39 is 5.79 Å². The van der Waals surface area contributed by atoms with Crippen molar-refractivity contribution >= 4 is 5.91 Å². The van der Waals surface area contributed by atoms with Crippen LogP contribution in [-0.2, 0) is 27.9 Å². The van der Waals surface area contributed by atoms with Crippen LogP contribution in [0, 0.1) is 5.92 Å². The number of imidazole rings is 1. The van der Waals surface area contributed by atoms with Gasteiger partial charge >= 0.3 is 0 Å². The predicted octanol–water partition coefficient (Wildman–Crippen LogP) is 2.87. The van der Waals surface area contributed by atoms with Gasteiger partial charge in [-0.05, 0) is 26.7 Å². The highest BCUT2D eigenvalue weighted by Gasteiger charge is 2.36. The molecule has 0 aromatic carbocycles. The number of nitrogens with zero attached hydrogens (tertiary/aromatic N) is 3. The average molecular weight is 349 g/mol. The number of ether oxygens (including phenoxy) is 2. The molecule has 0 unspecified atom stereocenters. The molecule has 1 atom stereocenters. The Balaban J connectivity index is 1.71. The maximum atomic E-state index is 13.2. The fourth-order valence-electron chi connectivity index (χ4n) is 3.84. The first-order valence-corrected chi connectivity index (χ1v) is 9.51. The molecule has 1 aliphatic carbocycles. The number of hydrogen-bond donors (Lipinski definition) is 0. The molecule has 1 aromatic heterocycles. The van der Waals surface area contributed by atoms with Crippen LogP contribution in [0.25, 0.3) is 0 Å². The average Bonchev–Trinajstić information content (AvgIpc) is 3.00. The molecule has 1 aliphatic heterocycles. The smallest absolute Gasteiger partial charge is 0.226 e. The van der Waals surface area contributed by atoms with Crippen LogP contribution >= 0.6 is 0 Å². The van der Waals surface area contributed by atoms with Gasteiger partial charge in [0.15, 0.2) is 5.79 Å². The molecule has 0 bridgehead atoms. The minimum absolute atomic E-state index is 0.0787. The van der Waals surface area contributed by atoms with Crippen LogP contribution in [0.5, 0.6) is 0 Å². The molecule has 1 saturated heterocycles. The summed E-state index contributed by atoms with van der Waals surface area (Å²) in [4.78, 5) is 19.6. The van der Waals surface area contributed by atoms with Gasteiger partial charge in [-0.2, -0.15) is 0 Å². The SMILES string of the molecule is Cn1ccnc1CN(C[C@H]1COC(C)(C)O1)C(=O)C1CCCCCC1. The summed E-state index contributed by atoms with van der Waals surface area (Å²) in [6, 6.07) is 0. The van der Waals surface area contributed by atoms with Crippen molar-refractivity contribution < 1.29 is 14.3 Å². The van der Waals surface area contributed by atoms with E-state index in [1.165, 1.54) is 12.8 Å². The third-order valence-electron chi connectivity index (χ3n) is 5.26. The van der Waals surface area contributed by atoms with Crippen LogP contribution in [0.15, 0.2) is 12.4 Å². The number of aryl methyl sites for hydroxylation is 1. The van der Waals surface area contributed by atoms with E-state index in [2.05, 4.69) is 4.98 Å². The minimum Gasteiger partial charge on any atom is -0.348 e. The number of carbonyl (C=O) groups is 1. The van der Waals surface area contributed by atoms with Gasteiger partial charge in [0.25, 0.3) is 0 Å². The summed E-state index contributed by atoms with van der Waals surface area (Å²) in [5.74, 6) is 0.724. The monoisotopic (exact) mass is 349 g/mol. The van der Waals surface area contributed by atoms with Crippen LogP contribution in [-0.4, -0.2) is 45.4 Å². The van der Waals surface area contributed by atoms with Gasteiger partial charge in [-0.1, -0.05) is 25.7 Å². The summed E-state index contributed by atoms with van der Waals surface area (Å²) in [6.45, 7) is 5.46. The number of carbonyl (C=O) groups excluding carboxylic acids is 1. The topological polar surface area (TPSA) is 56.6 Å². The first-order chi connectivity index (χ1) is 11.9. The maximum absolute atomic E-state index is 13.2. The third-order valence-corrected chi connectivity index (χ3v) is 5.26. The second-order valence-corrected chi connectivity index (χ2v) is 7.81. The molecular formula is C19H31N3O3. The Kier molecular flexibility index (Phi) is 5.79. The van der Waals surface area contributed by atoms with Crippen molar-refractivity contribution in [1.29, 1.82) is 0 Å². The van der Waals surface area contributed by atoms with Crippen molar-refractivity contribution in [2.75, 3.05) is 13.2 Å². The molecule has 25 heavy (non-hydrogen) atoms. The van der Waals surface area contributed by atoms with Gasteiger partial charge in [0.2, 0.25) is 5.91 Å². The molecule has 2 fully saturated rings. The lowest BCUT2D eigenvalue weighted by Crippen LogP contribution is -2.42. The van der Waals surface area contributed by atoms with E-state index in [-0.39, 0.29) is 17.9 Å². The van der Waals surface area contributed by atoms with Crippen molar-refractivity contribution in [3.63, 3.8) is 0 Å². The normalized spacial score (nSPS) is 24.2. The van der Waals surface area contributed by atoms with E-state index in [1.54, 1.807) is 6.20 Å². The third kappa shape index (κ3) is 4.82. The second-order valence-electron chi connectivity index (χ2n) is 7.81. The summed E-state index contributed by atoms with van der Waals surface area (Å²) in [7, 11) is 1.97. The summed E-state index contributed by atoms with van der Waals surface area (Å²) < 4.78 is 13.6. The summed E-state index contributed by atoms with van der Waals surface area (Å²) >= 11 is 0. The second kappa shape index (κ2) is 7.87. The Morgan fingerprint density at radius 1 is 1.32 bits per heavy atom. The van der Waals surface area contributed by atoms with Crippen molar-refractivity contribution in [2.24, 2.45) is 13.0 Å². The molecule has 1 aromatic rings. The zero-order valence-electron chi connectivity index (χ0n) is 15.7. The Hall–Kier alpha value is -1.40. The van der Waals surface area contributed by atoms with Gasteiger partial charge in [0.1, 0.15) is 11.9 Å². The molecule has 140 valence electrons. The van der Waals surface area contributed by atoms with Crippen molar-refractivity contribution in [2.45, 2.75) is 70.8 Å². The van der Waals surface area contributed by atoms with Gasteiger partial charge in [0.05, 0.1) is 13.2 Å². The molecule has 2 heterocycles. The Bertz CT molecular complexity index is 576. The first kappa shape index (κ1) is 18.4. The lowest BCUT2D eigenvalue weighted by molar-refractivity contribution is -0.149. The van der Waals surface area contributed by atoms with Crippen LogP contribution in [0.1, 0.15) is 58.2 Å². The quantitative estimate of drug-likeness (QED) is 0.767. The summed E-state index contributed by atoms with van der Waals surface area (Å²) in [6.07, 6.45) is 10.4. The van der Waals surface area contributed by atoms with Crippen LogP contribution in [0.2, 0.25) is 0 Å². The van der Waals surface area contributed by atoms with E-state index in [0.29, 0.717) is 19.7 Å². The number of rotatable bonds is 5. The zero-order valence-corrected chi connectivity index (χ0v) is 15.7. The fourth-order valence-corrected chi connectivity index (χ4v) is 3.84. The predicted molar refractivity (Wildman–Crippen MR) is 94.7 cm³/mol. The van der Waals surface area contributed by atoms with E-state index in [9.17, 15) is 4.79 Å². The van der Waals surface area contributed by atoms with Crippen LogP contribution < -0.4 is 0 Å². The van der Waals surface area contributed by atoms with Crippen LogP contribution in [0.3, 0.4) is 0 Å². The Morgan fingerprint density at radius 2 is 2.04 bits per heavy atom. The molecule has 0 radical (unpaired) electrons. The number of amides is 1. The molecule has 6 heteroatoms.